The van der Waals surface area contributed by atoms with Gasteiger partial charge in [-0.2, -0.15) is 0 Å². The molecule has 1 atom stereocenters. The van der Waals surface area contributed by atoms with Crippen LogP contribution in [0.3, 0.4) is 0 Å². The molecule has 0 aromatic heterocycles. The van der Waals surface area contributed by atoms with E-state index in [1.54, 1.807) is 7.05 Å². The third-order valence-electron chi connectivity index (χ3n) is 4.69. The molecule has 148 valence electrons. The van der Waals surface area contributed by atoms with Crippen molar-refractivity contribution in [1.29, 1.82) is 0 Å². The monoisotopic (exact) mass is 374 g/mol. The van der Waals surface area contributed by atoms with Crippen molar-refractivity contribution in [2.75, 3.05) is 46.3 Å². The Hall–Kier alpha value is -2.61. The number of aliphatic imine (C=N–C) groups is 1. The summed E-state index contributed by atoms with van der Waals surface area (Å²) in [6.07, 6.45) is 0. The van der Waals surface area contributed by atoms with Gasteiger partial charge in [0.1, 0.15) is 0 Å². The molecule has 1 heterocycles. The molecule has 27 heavy (non-hydrogen) atoms. The second-order valence-electron chi connectivity index (χ2n) is 6.23. The smallest absolute Gasteiger partial charge is 0.324 e. The largest absolute Gasteiger partial charge is 0.355 e. The van der Waals surface area contributed by atoms with Crippen LogP contribution in [0.15, 0.2) is 35.3 Å². The molecule has 8 nitrogen and oxygen atoms in total. The molecular formula is C19H30N6O2. The Balaban J connectivity index is 1.90. The molecule has 0 radical (unpaired) electrons. The first kappa shape index (κ1) is 20.7. The van der Waals surface area contributed by atoms with Crippen LogP contribution in [-0.4, -0.2) is 74.0 Å². The summed E-state index contributed by atoms with van der Waals surface area (Å²) >= 11 is 0. The normalized spacial score (nSPS) is 15.9. The number of imide groups is 1. The van der Waals surface area contributed by atoms with E-state index in [-0.39, 0.29) is 24.5 Å². The topological polar surface area (TPSA) is 89.1 Å². The minimum Gasteiger partial charge on any atom is -0.355 e. The van der Waals surface area contributed by atoms with Crippen molar-refractivity contribution in [1.82, 2.24) is 25.8 Å². The van der Waals surface area contributed by atoms with Gasteiger partial charge in [-0.05, 0) is 18.7 Å². The zero-order chi connectivity index (χ0) is 19.6. The van der Waals surface area contributed by atoms with Gasteiger partial charge in [0.05, 0.1) is 12.6 Å². The molecule has 1 aliphatic rings. The highest BCUT2D eigenvalue weighted by Gasteiger charge is 2.27. The number of carbonyl (C=O) groups excluding carboxylic acids is 2. The van der Waals surface area contributed by atoms with Crippen LogP contribution < -0.4 is 16.0 Å². The quantitative estimate of drug-likeness (QED) is 0.338. The molecule has 2 rings (SSSR count). The number of nitrogens with zero attached hydrogens (tertiary/aromatic N) is 3. The van der Waals surface area contributed by atoms with Crippen LogP contribution in [0, 0.1) is 0 Å². The average Bonchev–Trinajstić information content (AvgIpc) is 3.02. The molecule has 0 spiro atoms. The summed E-state index contributed by atoms with van der Waals surface area (Å²) in [5, 5.41) is 9.04. The summed E-state index contributed by atoms with van der Waals surface area (Å²) < 4.78 is 0. The molecular weight excluding hydrogens is 344 g/mol. The number of urea groups is 1. The maximum absolute atomic E-state index is 11.6. The molecule has 0 bridgehead atoms. The van der Waals surface area contributed by atoms with E-state index < -0.39 is 0 Å². The zero-order valence-corrected chi connectivity index (χ0v) is 16.4. The molecule has 3 N–H and O–H groups in total. The number of rotatable bonds is 9. The highest BCUT2D eigenvalue weighted by Crippen LogP contribution is 2.19. The summed E-state index contributed by atoms with van der Waals surface area (Å²) in [5.41, 5.74) is 1.25. The predicted molar refractivity (Wildman–Crippen MR) is 107 cm³/mol. The summed E-state index contributed by atoms with van der Waals surface area (Å²) in [6.45, 7) is 7.76. The van der Waals surface area contributed by atoms with E-state index in [9.17, 15) is 9.59 Å². The Morgan fingerprint density at radius 2 is 1.93 bits per heavy atom. The van der Waals surface area contributed by atoms with E-state index in [1.165, 1.54) is 10.5 Å². The number of benzene rings is 1. The Morgan fingerprint density at radius 3 is 2.48 bits per heavy atom. The first-order chi connectivity index (χ1) is 13.1. The first-order valence-corrected chi connectivity index (χ1v) is 9.42. The molecule has 1 aromatic carbocycles. The fourth-order valence-electron chi connectivity index (χ4n) is 3.18. The fourth-order valence-corrected chi connectivity index (χ4v) is 3.18. The lowest BCUT2D eigenvalue weighted by Gasteiger charge is -2.31. The number of likely N-dealkylation sites (N-methyl/N-ethyl adjacent to an activating group) is 1. The van der Waals surface area contributed by atoms with Gasteiger partial charge in [0.25, 0.3) is 0 Å². The first-order valence-electron chi connectivity index (χ1n) is 9.42. The molecule has 1 saturated heterocycles. The van der Waals surface area contributed by atoms with Crippen molar-refractivity contribution in [3.63, 3.8) is 0 Å². The van der Waals surface area contributed by atoms with Gasteiger partial charge in [0.15, 0.2) is 5.96 Å². The molecule has 0 aliphatic carbocycles. The summed E-state index contributed by atoms with van der Waals surface area (Å²) in [6, 6.07) is 10.3. The second kappa shape index (κ2) is 10.5. The maximum Gasteiger partial charge on any atom is 0.324 e. The number of hydrogen-bond acceptors (Lipinski definition) is 4. The number of guanidine groups is 1. The minimum atomic E-state index is -0.338. The highest BCUT2D eigenvalue weighted by atomic mass is 16.2. The average molecular weight is 374 g/mol. The molecule has 8 heteroatoms. The molecule has 0 saturated carbocycles. The van der Waals surface area contributed by atoms with E-state index in [2.05, 4.69) is 64.0 Å². The number of amides is 3. The van der Waals surface area contributed by atoms with Gasteiger partial charge in [0.2, 0.25) is 5.91 Å². The van der Waals surface area contributed by atoms with Crippen molar-refractivity contribution < 1.29 is 9.59 Å². The minimum absolute atomic E-state index is 0.0778. The summed E-state index contributed by atoms with van der Waals surface area (Å²) in [5.74, 6) is 0.450. The van der Waals surface area contributed by atoms with Crippen molar-refractivity contribution >= 4 is 17.9 Å². The molecule has 1 aliphatic heterocycles. The van der Waals surface area contributed by atoms with Crippen LogP contribution in [0.2, 0.25) is 0 Å². The number of carbonyl (C=O) groups is 2. The van der Waals surface area contributed by atoms with E-state index in [4.69, 9.17) is 0 Å². The lowest BCUT2D eigenvalue weighted by atomic mass is 10.1. The standard InChI is InChI=1S/C19H30N6O2/c1-4-24(5-2)16(15-9-7-6-8-10-15)13-22-18(20-3)21-11-12-25-17(26)14-23-19(25)27/h6-10,16H,4-5,11-14H2,1-3H3,(H,23,27)(H2,20,21,22). The van der Waals surface area contributed by atoms with E-state index in [0.717, 1.165) is 13.1 Å². The fraction of sp³-hybridized carbons (Fsp3) is 0.526. The van der Waals surface area contributed by atoms with Gasteiger partial charge >= 0.3 is 6.03 Å². The van der Waals surface area contributed by atoms with Gasteiger partial charge in [-0.15, -0.1) is 0 Å². The highest BCUT2D eigenvalue weighted by molar-refractivity contribution is 6.01. The zero-order valence-electron chi connectivity index (χ0n) is 16.4. The van der Waals surface area contributed by atoms with E-state index in [0.29, 0.717) is 25.6 Å². The van der Waals surface area contributed by atoms with E-state index in [1.807, 2.05) is 6.07 Å². The van der Waals surface area contributed by atoms with Gasteiger partial charge in [-0.3, -0.25) is 19.6 Å². The number of hydrogen-bond donors (Lipinski definition) is 3. The van der Waals surface area contributed by atoms with Gasteiger partial charge in [0, 0.05) is 26.7 Å². The number of nitrogens with one attached hydrogen (secondary N) is 3. The van der Waals surface area contributed by atoms with E-state index >= 15 is 0 Å². The SMILES string of the molecule is CCN(CC)C(CNC(=NC)NCCN1C(=O)CNC1=O)c1ccccc1. The molecule has 1 unspecified atom stereocenters. The van der Waals surface area contributed by atoms with Crippen molar-refractivity contribution in [3.05, 3.63) is 35.9 Å². The van der Waals surface area contributed by atoms with Crippen LogP contribution in [0.25, 0.3) is 0 Å². The van der Waals surface area contributed by atoms with Crippen LogP contribution >= 0.6 is 0 Å². The third kappa shape index (κ3) is 5.68. The third-order valence-corrected chi connectivity index (χ3v) is 4.69. The second-order valence-corrected chi connectivity index (χ2v) is 6.23. The van der Waals surface area contributed by atoms with Crippen LogP contribution in [-0.2, 0) is 4.79 Å². The molecule has 3 amide bonds. The van der Waals surface area contributed by atoms with Crippen molar-refractivity contribution in [2.45, 2.75) is 19.9 Å². The van der Waals surface area contributed by atoms with Gasteiger partial charge < -0.3 is 16.0 Å². The van der Waals surface area contributed by atoms with Crippen LogP contribution in [0.1, 0.15) is 25.5 Å². The Kier molecular flexibility index (Phi) is 8.06. The summed E-state index contributed by atoms with van der Waals surface area (Å²) in [4.78, 5) is 31.0. The van der Waals surface area contributed by atoms with Crippen molar-refractivity contribution in [2.24, 2.45) is 4.99 Å². The van der Waals surface area contributed by atoms with Gasteiger partial charge in [-0.1, -0.05) is 44.2 Å². The molecule has 1 fully saturated rings. The van der Waals surface area contributed by atoms with Crippen LogP contribution in [0.5, 0.6) is 0 Å². The lowest BCUT2D eigenvalue weighted by molar-refractivity contribution is -0.124. The summed E-state index contributed by atoms with van der Waals surface area (Å²) in [7, 11) is 1.71. The Bertz CT molecular complexity index is 629. The van der Waals surface area contributed by atoms with Gasteiger partial charge in [-0.25, -0.2) is 4.79 Å². The molecule has 1 aromatic rings. The lowest BCUT2D eigenvalue weighted by Crippen LogP contribution is -2.46. The Morgan fingerprint density at radius 1 is 1.22 bits per heavy atom. The van der Waals surface area contributed by atoms with Crippen LogP contribution in [0.4, 0.5) is 4.79 Å². The Labute approximate surface area is 161 Å². The maximum atomic E-state index is 11.6. The van der Waals surface area contributed by atoms with Crippen molar-refractivity contribution in [3.8, 4) is 0 Å². The predicted octanol–water partition coefficient (Wildman–Crippen LogP) is 0.786.